The lowest BCUT2D eigenvalue weighted by molar-refractivity contribution is 0.468. The number of phenolic OH excluding ortho intramolecular Hbond substituents is 1. The van der Waals surface area contributed by atoms with Gasteiger partial charge in [-0.05, 0) is 18.2 Å². The highest BCUT2D eigenvalue weighted by Crippen LogP contribution is 2.32. The van der Waals surface area contributed by atoms with Crippen LogP contribution in [0.3, 0.4) is 0 Å². The number of benzene rings is 1. The third-order valence-corrected chi connectivity index (χ3v) is 3.75. The predicted molar refractivity (Wildman–Crippen MR) is 91.7 cm³/mol. The van der Waals surface area contributed by atoms with Gasteiger partial charge in [0.1, 0.15) is 29.2 Å². The number of anilines is 1. The van der Waals surface area contributed by atoms with Crippen LogP contribution in [0, 0.1) is 0 Å². The smallest absolute Gasteiger partial charge is 0.245 e. The summed E-state index contributed by atoms with van der Waals surface area (Å²) in [6.45, 7) is 5.39. The fraction of sp³-hybridized carbons (Fsp3) is 0.278. The number of hydrogen-bond donors (Lipinski definition) is 1. The summed E-state index contributed by atoms with van der Waals surface area (Å²) in [6, 6.07) is 9.11. The van der Waals surface area contributed by atoms with E-state index in [0.29, 0.717) is 18.1 Å². The predicted octanol–water partition coefficient (Wildman–Crippen LogP) is 3.43. The van der Waals surface area contributed by atoms with E-state index in [2.05, 4.69) is 19.9 Å². The molecule has 1 aliphatic heterocycles. The molecule has 0 unspecified atom stereocenters. The lowest BCUT2D eigenvalue weighted by Gasteiger charge is -2.27. The Hall–Kier alpha value is -2.89. The van der Waals surface area contributed by atoms with Crippen LogP contribution in [0.1, 0.15) is 25.3 Å². The molecule has 0 amide bonds. The van der Waals surface area contributed by atoms with E-state index in [1.54, 1.807) is 18.3 Å². The van der Waals surface area contributed by atoms with E-state index in [9.17, 15) is 5.11 Å². The summed E-state index contributed by atoms with van der Waals surface area (Å²) in [6.07, 6.45) is 3.90. The normalized spacial score (nSPS) is 13.0. The van der Waals surface area contributed by atoms with Crippen molar-refractivity contribution in [1.29, 1.82) is 0 Å². The molecule has 1 N–H and O–H groups in total. The Labute approximate surface area is 140 Å². The van der Waals surface area contributed by atoms with Gasteiger partial charge in [0.05, 0.1) is 12.2 Å². The average molecular weight is 324 g/mol. The highest BCUT2D eigenvalue weighted by molar-refractivity contribution is 5.58. The molecule has 3 aromatic rings. The van der Waals surface area contributed by atoms with Crippen molar-refractivity contribution in [3.05, 3.63) is 54.3 Å². The highest BCUT2D eigenvalue weighted by atomic mass is 16.4. The largest absolute Gasteiger partial charge is 0.506 e. The summed E-state index contributed by atoms with van der Waals surface area (Å²) in [5.74, 6) is 1.69. The van der Waals surface area contributed by atoms with Gasteiger partial charge in [-0.25, -0.2) is 15.0 Å². The van der Waals surface area contributed by atoms with Crippen LogP contribution in [-0.2, 0) is 13.0 Å². The number of hydrogen-bond acceptors (Lipinski definition) is 6. The monoisotopic (exact) mass is 324 g/mol. The molecule has 2 aromatic heterocycles. The van der Waals surface area contributed by atoms with E-state index in [0.717, 1.165) is 30.1 Å². The number of aromatic hydroxyl groups is 1. The number of phenols is 1. The summed E-state index contributed by atoms with van der Waals surface area (Å²) < 4.78 is 5.82. The first-order chi connectivity index (χ1) is 11.8. The molecule has 0 saturated heterocycles. The van der Waals surface area contributed by atoms with Gasteiger partial charge in [0, 0.05) is 19.2 Å². The van der Waals surface area contributed by atoms with Crippen LogP contribution in [0.15, 0.2) is 47.3 Å². The summed E-state index contributed by atoms with van der Waals surface area (Å²) in [5.41, 5.74) is 2.39. The number of para-hydroxylation sites is 2. The molecule has 0 aliphatic carbocycles. The Morgan fingerprint density at radius 2 is 2.00 bits per heavy atom. The Morgan fingerprint density at radius 3 is 2.75 bits per heavy atom. The topological polar surface area (TPSA) is 75.3 Å². The van der Waals surface area contributed by atoms with E-state index in [1.165, 1.54) is 6.33 Å². The summed E-state index contributed by atoms with van der Waals surface area (Å²) in [4.78, 5) is 14.7. The fourth-order valence-electron chi connectivity index (χ4n) is 2.66. The fourth-order valence-corrected chi connectivity index (χ4v) is 2.66. The average Bonchev–Trinajstić information content (AvgIpc) is 3.08. The Bertz CT molecular complexity index is 802. The molecule has 6 nitrogen and oxygen atoms in total. The Kier molecular flexibility index (Phi) is 4.74. The minimum Gasteiger partial charge on any atom is -0.506 e. The number of rotatable bonds is 2. The van der Waals surface area contributed by atoms with E-state index in [-0.39, 0.29) is 5.75 Å². The quantitative estimate of drug-likeness (QED) is 0.778. The highest BCUT2D eigenvalue weighted by Gasteiger charge is 2.24. The molecular formula is C18H20N4O2. The van der Waals surface area contributed by atoms with Gasteiger partial charge in [0.15, 0.2) is 0 Å². The number of nitrogens with zero attached hydrogens (tertiary/aromatic N) is 4. The van der Waals surface area contributed by atoms with Crippen LogP contribution in [0.25, 0.3) is 11.6 Å². The number of aromatic nitrogens is 3. The molecule has 1 aromatic carbocycles. The maximum atomic E-state index is 9.99. The van der Waals surface area contributed by atoms with Gasteiger partial charge in [-0.15, -0.1) is 0 Å². The maximum absolute atomic E-state index is 9.99. The molecule has 0 radical (unpaired) electrons. The molecule has 1 aliphatic rings. The minimum atomic E-state index is 0.283. The SMILES string of the molecule is CC.Oc1ccccc1N1CCc2oc(-c3ccncn3)nc2C1. The first-order valence-electron chi connectivity index (χ1n) is 8.09. The summed E-state index contributed by atoms with van der Waals surface area (Å²) in [7, 11) is 0. The lowest BCUT2D eigenvalue weighted by atomic mass is 10.1. The standard InChI is InChI=1S/C16H14N4O2.C2H6/c21-14-4-2-1-3-13(14)20-8-6-15-12(9-20)19-16(22-15)11-5-7-17-10-18-11;1-2/h1-5,7,10,21H,6,8-9H2;1-2H3. The van der Waals surface area contributed by atoms with Crippen LogP contribution >= 0.6 is 0 Å². The van der Waals surface area contributed by atoms with Gasteiger partial charge in [0.25, 0.3) is 0 Å². The van der Waals surface area contributed by atoms with Gasteiger partial charge in [0.2, 0.25) is 5.89 Å². The molecule has 0 fully saturated rings. The van der Waals surface area contributed by atoms with Crippen molar-refractivity contribution in [2.24, 2.45) is 0 Å². The zero-order chi connectivity index (χ0) is 16.9. The molecule has 24 heavy (non-hydrogen) atoms. The molecule has 0 spiro atoms. The third kappa shape index (κ3) is 3.08. The Morgan fingerprint density at radius 1 is 1.17 bits per heavy atom. The second kappa shape index (κ2) is 7.12. The third-order valence-electron chi connectivity index (χ3n) is 3.75. The van der Waals surface area contributed by atoms with Gasteiger partial charge in [-0.1, -0.05) is 26.0 Å². The van der Waals surface area contributed by atoms with Gasteiger partial charge >= 0.3 is 0 Å². The summed E-state index contributed by atoms with van der Waals surface area (Å²) >= 11 is 0. The molecule has 6 heteroatoms. The van der Waals surface area contributed by atoms with Crippen LogP contribution in [0.5, 0.6) is 5.75 Å². The lowest BCUT2D eigenvalue weighted by Crippen LogP contribution is -2.30. The van der Waals surface area contributed by atoms with Gasteiger partial charge in [-0.2, -0.15) is 0 Å². The number of fused-ring (bicyclic) bond motifs is 1. The first-order valence-corrected chi connectivity index (χ1v) is 8.09. The zero-order valence-corrected chi connectivity index (χ0v) is 13.8. The zero-order valence-electron chi connectivity index (χ0n) is 13.8. The van der Waals surface area contributed by atoms with Crippen LogP contribution in [0.2, 0.25) is 0 Å². The molecule has 4 rings (SSSR count). The second-order valence-corrected chi connectivity index (χ2v) is 5.14. The van der Waals surface area contributed by atoms with Crippen LogP contribution < -0.4 is 4.90 Å². The van der Waals surface area contributed by atoms with Gasteiger partial charge in [-0.3, -0.25) is 0 Å². The second-order valence-electron chi connectivity index (χ2n) is 5.14. The molecular weight excluding hydrogens is 304 g/mol. The first kappa shape index (κ1) is 16.0. The van der Waals surface area contributed by atoms with Crippen molar-refractivity contribution < 1.29 is 9.52 Å². The van der Waals surface area contributed by atoms with Crippen molar-refractivity contribution in [2.75, 3.05) is 11.4 Å². The Balaban J connectivity index is 0.000000815. The molecule has 0 bridgehead atoms. The van der Waals surface area contributed by atoms with E-state index >= 15 is 0 Å². The molecule has 124 valence electrons. The molecule has 0 saturated carbocycles. The minimum absolute atomic E-state index is 0.283. The van der Waals surface area contributed by atoms with Crippen molar-refractivity contribution in [2.45, 2.75) is 26.8 Å². The molecule has 0 atom stereocenters. The maximum Gasteiger partial charge on any atom is 0.245 e. The molecule has 3 heterocycles. The van der Waals surface area contributed by atoms with Crippen molar-refractivity contribution in [1.82, 2.24) is 15.0 Å². The van der Waals surface area contributed by atoms with E-state index in [4.69, 9.17) is 4.42 Å². The van der Waals surface area contributed by atoms with Crippen molar-refractivity contribution >= 4 is 5.69 Å². The van der Waals surface area contributed by atoms with Crippen molar-refractivity contribution in [3.8, 4) is 17.3 Å². The van der Waals surface area contributed by atoms with E-state index < -0.39 is 0 Å². The van der Waals surface area contributed by atoms with Crippen LogP contribution in [0.4, 0.5) is 5.69 Å². The van der Waals surface area contributed by atoms with Crippen molar-refractivity contribution in [3.63, 3.8) is 0 Å². The van der Waals surface area contributed by atoms with Gasteiger partial charge < -0.3 is 14.4 Å². The van der Waals surface area contributed by atoms with Crippen LogP contribution in [-0.4, -0.2) is 26.6 Å². The number of oxazole rings is 1. The summed E-state index contributed by atoms with van der Waals surface area (Å²) in [5, 5.41) is 9.99. The van der Waals surface area contributed by atoms with E-state index in [1.807, 2.05) is 32.0 Å².